The highest BCUT2D eigenvalue weighted by Crippen LogP contribution is 2.48. The number of rotatable bonds is 3. The second-order valence-corrected chi connectivity index (χ2v) is 5.17. The fraction of sp³-hybridized carbons (Fsp3) is 0.538. The van der Waals surface area contributed by atoms with Gasteiger partial charge in [-0.25, -0.2) is 4.39 Å². The molecule has 0 aliphatic heterocycles. The molecule has 0 heterocycles. The summed E-state index contributed by atoms with van der Waals surface area (Å²) in [5, 5.41) is 3.82. The molecule has 0 bridgehead atoms. The molecule has 1 aliphatic carbocycles. The molecule has 0 aromatic heterocycles. The maximum Gasteiger partial charge on any atom is 0.127 e. The van der Waals surface area contributed by atoms with Gasteiger partial charge < -0.3 is 5.32 Å². The second-order valence-electron chi connectivity index (χ2n) is 4.77. The molecule has 1 N–H and O–H groups in total. The lowest BCUT2D eigenvalue weighted by atomic mass is 9.99. The van der Waals surface area contributed by atoms with Gasteiger partial charge in [-0.05, 0) is 49.4 Å². The van der Waals surface area contributed by atoms with Crippen molar-refractivity contribution in [3.8, 4) is 0 Å². The molecule has 3 atom stereocenters. The van der Waals surface area contributed by atoms with E-state index in [-0.39, 0.29) is 11.9 Å². The summed E-state index contributed by atoms with van der Waals surface area (Å²) in [5.41, 5.74) is 1.69. The predicted molar refractivity (Wildman–Crippen MR) is 65.2 cm³/mol. The van der Waals surface area contributed by atoms with E-state index in [9.17, 15) is 4.39 Å². The fourth-order valence-electron chi connectivity index (χ4n) is 2.33. The molecule has 0 spiro atoms. The summed E-state index contributed by atoms with van der Waals surface area (Å²) in [7, 11) is 1.94. The first kappa shape index (κ1) is 11.9. The Morgan fingerprint density at radius 1 is 1.50 bits per heavy atom. The normalized spacial score (nSPS) is 25.6. The average Bonchev–Trinajstić information content (AvgIpc) is 2.92. The molecule has 2 rings (SSSR count). The summed E-state index contributed by atoms with van der Waals surface area (Å²) in [6.45, 7) is 4.01. The largest absolute Gasteiger partial charge is 0.313 e. The quantitative estimate of drug-likeness (QED) is 0.851. The minimum Gasteiger partial charge on any atom is -0.313 e. The highest BCUT2D eigenvalue weighted by molar-refractivity contribution is 6.31. The maximum atomic E-state index is 13.3. The van der Waals surface area contributed by atoms with Crippen molar-refractivity contribution in [2.24, 2.45) is 11.8 Å². The van der Waals surface area contributed by atoms with Crippen molar-refractivity contribution in [1.29, 1.82) is 0 Å². The van der Waals surface area contributed by atoms with Crippen molar-refractivity contribution >= 4 is 11.6 Å². The zero-order valence-electron chi connectivity index (χ0n) is 9.85. The number of nitrogens with one attached hydrogen (secondary N) is 1. The Morgan fingerprint density at radius 3 is 2.62 bits per heavy atom. The number of aryl methyl sites for hydroxylation is 1. The molecule has 1 fully saturated rings. The van der Waals surface area contributed by atoms with Crippen LogP contribution in [0.2, 0.25) is 5.02 Å². The van der Waals surface area contributed by atoms with Crippen molar-refractivity contribution in [1.82, 2.24) is 5.32 Å². The van der Waals surface area contributed by atoms with Gasteiger partial charge in [-0.2, -0.15) is 0 Å². The third-order valence-electron chi connectivity index (χ3n) is 3.52. The first-order valence-electron chi connectivity index (χ1n) is 5.67. The summed E-state index contributed by atoms with van der Waals surface area (Å²) in [6, 6.07) is 3.54. The molecule has 1 nitrogen and oxygen atoms in total. The minimum atomic E-state index is -0.229. The fourth-order valence-corrected chi connectivity index (χ4v) is 2.60. The first-order valence-corrected chi connectivity index (χ1v) is 6.05. The van der Waals surface area contributed by atoms with Gasteiger partial charge >= 0.3 is 0 Å². The third-order valence-corrected chi connectivity index (χ3v) is 3.85. The molecule has 0 saturated heterocycles. The topological polar surface area (TPSA) is 12.0 Å². The van der Waals surface area contributed by atoms with Crippen LogP contribution in [0.1, 0.15) is 30.5 Å². The number of halogens is 2. The lowest BCUT2D eigenvalue weighted by molar-refractivity contribution is 0.502. The Kier molecular flexibility index (Phi) is 3.22. The molecule has 16 heavy (non-hydrogen) atoms. The Balaban J connectivity index is 2.34. The summed E-state index contributed by atoms with van der Waals surface area (Å²) in [4.78, 5) is 0. The first-order chi connectivity index (χ1) is 7.54. The van der Waals surface area contributed by atoms with Gasteiger partial charge in [0.05, 0.1) is 0 Å². The van der Waals surface area contributed by atoms with Crippen LogP contribution in [0.5, 0.6) is 0 Å². The van der Waals surface area contributed by atoms with Crippen LogP contribution in [-0.4, -0.2) is 7.05 Å². The summed E-state index contributed by atoms with van der Waals surface area (Å²) >= 11 is 6.11. The smallest absolute Gasteiger partial charge is 0.127 e. The van der Waals surface area contributed by atoms with Gasteiger partial charge in [0.2, 0.25) is 0 Å². The van der Waals surface area contributed by atoms with E-state index in [4.69, 9.17) is 11.6 Å². The zero-order chi connectivity index (χ0) is 11.9. The van der Waals surface area contributed by atoms with Gasteiger partial charge in [-0.1, -0.05) is 24.6 Å². The van der Waals surface area contributed by atoms with Crippen LogP contribution in [0.15, 0.2) is 12.1 Å². The summed E-state index contributed by atoms with van der Waals surface area (Å²) in [6.07, 6.45) is 1.22. The van der Waals surface area contributed by atoms with Crippen LogP contribution in [-0.2, 0) is 0 Å². The van der Waals surface area contributed by atoms with E-state index in [0.29, 0.717) is 16.5 Å². The Bertz CT molecular complexity index is 405. The highest BCUT2D eigenvalue weighted by Gasteiger charge is 2.40. The van der Waals surface area contributed by atoms with Crippen molar-refractivity contribution < 1.29 is 4.39 Å². The monoisotopic (exact) mass is 241 g/mol. The van der Waals surface area contributed by atoms with E-state index in [1.807, 2.05) is 13.1 Å². The van der Waals surface area contributed by atoms with E-state index >= 15 is 0 Å². The van der Waals surface area contributed by atoms with Gasteiger partial charge in [-0.15, -0.1) is 0 Å². The lowest BCUT2D eigenvalue weighted by Gasteiger charge is -2.18. The van der Waals surface area contributed by atoms with Crippen LogP contribution in [0.25, 0.3) is 0 Å². The van der Waals surface area contributed by atoms with Crippen molar-refractivity contribution in [2.75, 3.05) is 7.05 Å². The highest BCUT2D eigenvalue weighted by atomic mass is 35.5. The van der Waals surface area contributed by atoms with Gasteiger partial charge in [-0.3, -0.25) is 0 Å². The molecular formula is C13H17ClFN. The van der Waals surface area contributed by atoms with E-state index in [0.717, 1.165) is 11.5 Å². The Hall–Kier alpha value is -0.600. The molecule has 1 aromatic carbocycles. The van der Waals surface area contributed by atoms with Crippen LogP contribution in [0.3, 0.4) is 0 Å². The van der Waals surface area contributed by atoms with Crippen LogP contribution in [0.4, 0.5) is 4.39 Å². The van der Waals surface area contributed by atoms with Crippen LogP contribution in [0, 0.1) is 24.6 Å². The molecule has 3 heteroatoms. The SMILES string of the molecule is CNC(c1cc(C)c(F)cc1Cl)C1CC1C. The van der Waals surface area contributed by atoms with Crippen molar-refractivity contribution in [3.63, 3.8) is 0 Å². The van der Waals surface area contributed by atoms with Crippen molar-refractivity contribution in [3.05, 3.63) is 34.1 Å². The van der Waals surface area contributed by atoms with E-state index < -0.39 is 0 Å². The molecule has 0 radical (unpaired) electrons. The second kappa shape index (κ2) is 4.34. The molecule has 88 valence electrons. The van der Waals surface area contributed by atoms with Crippen LogP contribution >= 0.6 is 11.6 Å². The summed E-state index contributed by atoms with van der Waals surface area (Å²) < 4.78 is 13.3. The minimum absolute atomic E-state index is 0.229. The van der Waals surface area contributed by atoms with E-state index in [1.165, 1.54) is 12.5 Å². The maximum absolute atomic E-state index is 13.3. The number of benzene rings is 1. The standard InChI is InChI=1S/C13H17ClFN/c1-7-4-9(7)13(16-3)10-5-8(2)12(15)6-11(10)14/h5-7,9,13,16H,4H2,1-3H3. The molecule has 1 saturated carbocycles. The van der Waals surface area contributed by atoms with E-state index in [2.05, 4.69) is 12.2 Å². The van der Waals surface area contributed by atoms with Crippen molar-refractivity contribution in [2.45, 2.75) is 26.3 Å². The molecule has 1 aliphatic rings. The van der Waals surface area contributed by atoms with Gasteiger partial charge in [0.25, 0.3) is 0 Å². The predicted octanol–water partition coefficient (Wildman–Crippen LogP) is 3.70. The van der Waals surface area contributed by atoms with Gasteiger partial charge in [0, 0.05) is 11.1 Å². The Morgan fingerprint density at radius 2 is 2.12 bits per heavy atom. The summed E-state index contributed by atoms with van der Waals surface area (Å²) in [5.74, 6) is 1.14. The molecular weight excluding hydrogens is 225 g/mol. The number of hydrogen-bond donors (Lipinski definition) is 1. The van der Waals surface area contributed by atoms with Gasteiger partial charge in [0.1, 0.15) is 5.82 Å². The average molecular weight is 242 g/mol. The zero-order valence-corrected chi connectivity index (χ0v) is 10.6. The molecule has 0 amide bonds. The number of hydrogen-bond acceptors (Lipinski definition) is 1. The van der Waals surface area contributed by atoms with E-state index in [1.54, 1.807) is 6.92 Å². The molecule has 3 unspecified atom stereocenters. The lowest BCUT2D eigenvalue weighted by Crippen LogP contribution is -2.19. The third kappa shape index (κ3) is 2.09. The molecule has 1 aromatic rings. The van der Waals surface area contributed by atoms with Gasteiger partial charge in [0.15, 0.2) is 0 Å². The Labute approximate surface area is 101 Å². The van der Waals surface area contributed by atoms with Crippen LogP contribution < -0.4 is 5.32 Å².